The van der Waals surface area contributed by atoms with Gasteiger partial charge < -0.3 is 5.32 Å². The van der Waals surface area contributed by atoms with Crippen molar-refractivity contribution in [2.24, 2.45) is 11.8 Å². The quantitative estimate of drug-likeness (QED) is 0.359. The summed E-state index contributed by atoms with van der Waals surface area (Å²) in [5, 5.41) is 12.7. The Morgan fingerprint density at radius 2 is 1.68 bits per heavy atom. The van der Waals surface area contributed by atoms with Gasteiger partial charge in [-0.05, 0) is 67.5 Å². The number of pyridine rings is 1. The molecule has 1 aliphatic carbocycles. The van der Waals surface area contributed by atoms with Crippen LogP contribution in [0.1, 0.15) is 42.4 Å². The fraction of sp³-hybridized carbons (Fsp3) is 0.300. The van der Waals surface area contributed by atoms with Crippen LogP contribution in [0.3, 0.4) is 0 Å². The van der Waals surface area contributed by atoms with Crippen molar-refractivity contribution >= 4 is 22.5 Å². The van der Waals surface area contributed by atoms with Crippen molar-refractivity contribution < 1.29 is 18.0 Å². The molecule has 1 N–H and O–H groups in total. The highest BCUT2D eigenvalue weighted by molar-refractivity contribution is 5.92. The van der Waals surface area contributed by atoms with Gasteiger partial charge in [0.05, 0.1) is 28.6 Å². The van der Waals surface area contributed by atoms with Crippen LogP contribution >= 0.6 is 0 Å². The van der Waals surface area contributed by atoms with Crippen molar-refractivity contribution in [2.75, 3.05) is 5.32 Å². The lowest BCUT2D eigenvalue weighted by Crippen LogP contribution is -2.42. The maximum atomic E-state index is 13.7. The number of alkyl halides is 3. The van der Waals surface area contributed by atoms with E-state index >= 15 is 0 Å². The zero-order valence-electron chi connectivity index (χ0n) is 21.9. The third kappa shape index (κ3) is 5.77. The molecule has 2 aromatic carbocycles. The van der Waals surface area contributed by atoms with Crippen LogP contribution in [0.25, 0.3) is 10.9 Å². The molecule has 5 rings (SSSR count). The average molecular weight is 562 g/mol. The van der Waals surface area contributed by atoms with E-state index in [9.17, 15) is 32.8 Å². The molecule has 0 aliphatic heterocycles. The first kappa shape index (κ1) is 27.8. The Balaban J connectivity index is 1.42. The second-order valence-electron chi connectivity index (χ2n) is 10.2. The van der Waals surface area contributed by atoms with Gasteiger partial charge in [0.15, 0.2) is 0 Å². The number of carbonyl (C=O) groups excluding carboxylic acids is 1. The molecule has 1 saturated carbocycles. The molecule has 210 valence electrons. The number of anilines is 1. The highest BCUT2D eigenvalue weighted by atomic mass is 19.4. The van der Waals surface area contributed by atoms with E-state index in [1.807, 2.05) is 0 Å². The summed E-state index contributed by atoms with van der Waals surface area (Å²) >= 11 is 0. The fourth-order valence-corrected chi connectivity index (χ4v) is 5.50. The number of amides is 1. The molecule has 4 aromatic rings. The number of benzene rings is 2. The van der Waals surface area contributed by atoms with E-state index in [-0.39, 0.29) is 47.3 Å². The van der Waals surface area contributed by atoms with E-state index in [1.54, 1.807) is 54.9 Å². The van der Waals surface area contributed by atoms with Crippen LogP contribution in [-0.2, 0) is 24.1 Å². The maximum absolute atomic E-state index is 13.7. The Bertz CT molecular complexity index is 1750. The highest BCUT2D eigenvalue weighted by Gasteiger charge is 2.34. The third-order valence-corrected chi connectivity index (χ3v) is 7.63. The Labute approximate surface area is 232 Å². The van der Waals surface area contributed by atoms with Gasteiger partial charge in [-0.1, -0.05) is 24.3 Å². The summed E-state index contributed by atoms with van der Waals surface area (Å²) in [5.74, 6) is -0.327. The highest BCUT2D eigenvalue weighted by Crippen LogP contribution is 2.33. The molecule has 11 heteroatoms. The predicted octanol–water partition coefficient (Wildman–Crippen LogP) is 4.94. The van der Waals surface area contributed by atoms with Crippen LogP contribution in [0.2, 0.25) is 0 Å². The minimum atomic E-state index is -4.74. The van der Waals surface area contributed by atoms with Gasteiger partial charge in [0.25, 0.3) is 5.56 Å². The van der Waals surface area contributed by atoms with Gasteiger partial charge in [-0.25, -0.2) is 4.79 Å². The molecule has 0 bridgehead atoms. The SMILES string of the molecule is N#Cc1c(Cn2c(=O)n(CC3CCC(C(=O)Nc4ccncc4)CC3)c(=O)c3ccccc32)cccc1C(F)(F)F. The number of carbonyl (C=O) groups is 1. The molecule has 0 radical (unpaired) electrons. The summed E-state index contributed by atoms with van der Waals surface area (Å²) < 4.78 is 43.1. The van der Waals surface area contributed by atoms with Crippen molar-refractivity contribution in [1.29, 1.82) is 5.26 Å². The molecule has 2 heterocycles. The van der Waals surface area contributed by atoms with Gasteiger partial charge in [0.2, 0.25) is 5.91 Å². The topological polar surface area (TPSA) is 110 Å². The van der Waals surface area contributed by atoms with Gasteiger partial charge >= 0.3 is 11.9 Å². The Morgan fingerprint density at radius 1 is 0.976 bits per heavy atom. The smallest absolute Gasteiger partial charge is 0.326 e. The van der Waals surface area contributed by atoms with Crippen LogP contribution in [0.15, 0.2) is 76.6 Å². The number of para-hydroxylation sites is 1. The van der Waals surface area contributed by atoms with Crippen LogP contribution < -0.4 is 16.6 Å². The summed E-state index contributed by atoms with van der Waals surface area (Å²) in [6.07, 6.45) is 0.880. The number of halogens is 3. The number of nitriles is 1. The second kappa shape index (κ2) is 11.4. The van der Waals surface area contributed by atoms with Gasteiger partial charge in [-0.2, -0.15) is 18.4 Å². The Hall–Kier alpha value is -4.72. The summed E-state index contributed by atoms with van der Waals surface area (Å²) in [5.41, 5.74) is -1.81. The molecule has 1 amide bonds. The van der Waals surface area contributed by atoms with Gasteiger partial charge in [0.1, 0.15) is 6.07 Å². The van der Waals surface area contributed by atoms with Crippen LogP contribution in [0.5, 0.6) is 0 Å². The predicted molar refractivity (Wildman–Crippen MR) is 146 cm³/mol. The lowest BCUT2D eigenvalue weighted by atomic mass is 9.81. The van der Waals surface area contributed by atoms with Gasteiger partial charge in [0, 0.05) is 30.5 Å². The molecule has 8 nitrogen and oxygen atoms in total. The Kier molecular flexibility index (Phi) is 7.75. The van der Waals surface area contributed by atoms with Crippen molar-refractivity contribution in [3.05, 3.63) is 105 Å². The van der Waals surface area contributed by atoms with Crippen molar-refractivity contribution in [3.63, 3.8) is 0 Å². The number of hydrogen-bond acceptors (Lipinski definition) is 5. The number of rotatable bonds is 6. The minimum Gasteiger partial charge on any atom is -0.326 e. The summed E-state index contributed by atoms with van der Waals surface area (Å²) in [4.78, 5) is 43.7. The van der Waals surface area contributed by atoms with E-state index in [4.69, 9.17) is 0 Å². The number of nitrogens with zero attached hydrogens (tertiary/aromatic N) is 4. The standard InChI is InChI=1S/C30H26F3N5O3/c31-30(32,33)25-6-3-4-21(24(25)16-34)18-37-26-7-2-1-5-23(26)28(40)38(29(37)41)17-19-8-10-20(11-9-19)27(39)36-22-12-14-35-15-13-22/h1-7,12-15,19-20H,8-11,17-18H2,(H,35,36,39). The van der Waals surface area contributed by atoms with E-state index in [1.165, 1.54) is 16.7 Å². The normalized spacial score (nSPS) is 17.2. The van der Waals surface area contributed by atoms with Crippen molar-refractivity contribution in [3.8, 4) is 6.07 Å². The molecule has 0 saturated heterocycles. The number of hydrogen-bond donors (Lipinski definition) is 1. The van der Waals surface area contributed by atoms with Crippen LogP contribution in [0.4, 0.5) is 18.9 Å². The van der Waals surface area contributed by atoms with Gasteiger partial charge in [-0.15, -0.1) is 0 Å². The monoisotopic (exact) mass is 561 g/mol. The fourth-order valence-electron chi connectivity index (χ4n) is 5.50. The van der Waals surface area contributed by atoms with Crippen molar-refractivity contribution in [1.82, 2.24) is 14.1 Å². The van der Waals surface area contributed by atoms with Crippen LogP contribution in [0, 0.1) is 23.2 Å². The lowest BCUT2D eigenvalue weighted by molar-refractivity contribution is -0.137. The maximum Gasteiger partial charge on any atom is 0.417 e. The summed E-state index contributed by atoms with van der Waals surface area (Å²) in [7, 11) is 0. The molecule has 0 atom stereocenters. The molecular weight excluding hydrogens is 535 g/mol. The van der Waals surface area contributed by atoms with E-state index in [0.29, 0.717) is 31.4 Å². The molecule has 1 aliphatic rings. The second-order valence-corrected chi connectivity index (χ2v) is 10.2. The number of nitrogens with one attached hydrogen (secondary N) is 1. The number of fused-ring (bicyclic) bond motifs is 1. The lowest BCUT2D eigenvalue weighted by Gasteiger charge is -2.28. The molecule has 0 spiro atoms. The van der Waals surface area contributed by atoms with Crippen LogP contribution in [-0.4, -0.2) is 20.0 Å². The van der Waals surface area contributed by atoms with E-state index < -0.39 is 28.6 Å². The first-order valence-electron chi connectivity index (χ1n) is 13.2. The van der Waals surface area contributed by atoms with E-state index in [0.717, 1.165) is 10.6 Å². The first-order chi connectivity index (χ1) is 19.7. The molecule has 2 aromatic heterocycles. The zero-order chi connectivity index (χ0) is 29.1. The molecule has 1 fully saturated rings. The first-order valence-corrected chi connectivity index (χ1v) is 13.2. The van der Waals surface area contributed by atoms with Gasteiger partial charge in [-0.3, -0.25) is 23.7 Å². The number of aromatic nitrogens is 3. The van der Waals surface area contributed by atoms with Crippen molar-refractivity contribution in [2.45, 2.75) is 44.9 Å². The summed E-state index contributed by atoms with van der Waals surface area (Å²) in [6, 6.07) is 14.9. The minimum absolute atomic E-state index is 0.0282. The van der Waals surface area contributed by atoms with E-state index in [2.05, 4.69) is 10.3 Å². The zero-order valence-corrected chi connectivity index (χ0v) is 21.9. The largest absolute Gasteiger partial charge is 0.417 e. The summed E-state index contributed by atoms with van der Waals surface area (Å²) in [6.45, 7) is -0.191. The Morgan fingerprint density at radius 3 is 2.37 bits per heavy atom. The molecule has 41 heavy (non-hydrogen) atoms. The molecular formula is C30H26F3N5O3. The molecule has 0 unspecified atom stereocenters. The average Bonchev–Trinajstić information content (AvgIpc) is 2.97. The third-order valence-electron chi connectivity index (χ3n) is 7.63.